The number of hydrogen-bond donors (Lipinski definition) is 2. The summed E-state index contributed by atoms with van der Waals surface area (Å²) in [5, 5.41) is 10.5. The number of para-hydroxylation sites is 1. The van der Waals surface area contributed by atoms with Crippen LogP contribution in [0, 0.1) is 0 Å². The van der Waals surface area contributed by atoms with Crippen molar-refractivity contribution in [3.8, 4) is 5.75 Å². The number of anilines is 1. The fourth-order valence-corrected chi connectivity index (χ4v) is 3.20. The van der Waals surface area contributed by atoms with Crippen molar-refractivity contribution >= 4 is 11.7 Å². The van der Waals surface area contributed by atoms with Crippen LogP contribution in [-0.2, 0) is 19.6 Å². The Bertz CT molecular complexity index is 939. The lowest BCUT2D eigenvalue weighted by Gasteiger charge is -2.27. The van der Waals surface area contributed by atoms with Gasteiger partial charge in [-0.15, -0.1) is 0 Å². The van der Waals surface area contributed by atoms with E-state index in [4.69, 9.17) is 4.74 Å². The van der Waals surface area contributed by atoms with E-state index in [1.54, 1.807) is 25.4 Å². The Morgan fingerprint density at radius 2 is 2.15 bits per heavy atom. The highest BCUT2D eigenvalue weighted by Crippen LogP contribution is 2.23. The molecule has 0 atom stereocenters. The number of carbonyl (C=O) groups excluding carboxylic acids is 1. The smallest absolute Gasteiger partial charge is 0.254 e. The number of fused-ring (bicyclic) bond motifs is 1. The molecule has 0 aliphatic carbocycles. The highest BCUT2D eigenvalue weighted by molar-refractivity contribution is 5.95. The third-order valence-corrected chi connectivity index (χ3v) is 4.69. The zero-order valence-corrected chi connectivity index (χ0v) is 15.1. The van der Waals surface area contributed by atoms with Crippen LogP contribution in [-0.4, -0.2) is 39.6 Å². The van der Waals surface area contributed by atoms with E-state index < -0.39 is 0 Å². The summed E-state index contributed by atoms with van der Waals surface area (Å²) in [5.74, 6) is 1.48. The fraction of sp³-hybridized carbons (Fsp3) is 0.250. The molecule has 0 fully saturated rings. The molecular weight excluding hydrogens is 342 g/mol. The fourth-order valence-electron chi connectivity index (χ4n) is 3.20. The number of nitrogens with zero attached hydrogens (tertiary/aromatic N) is 3. The predicted octanol–water partition coefficient (Wildman–Crippen LogP) is 2.62. The van der Waals surface area contributed by atoms with Crippen molar-refractivity contribution in [3.63, 3.8) is 0 Å². The molecule has 1 amide bonds. The van der Waals surface area contributed by atoms with Crippen molar-refractivity contribution in [1.82, 2.24) is 20.1 Å². The third kappa shape index (κ3) is 3.62. The number of amides is 1. The van der Waals surface area contributed by atoms with Gasteiger partial charge in [0.15, 0.2) is 0 Å². The summed E-state index contributed by atoms with van der Waals surface area (Å²) in [7, 11) is 1.79. The number of nitrogens with one attached hydrogen (secondary N) is 2. The number of ether oxygens (including phenoxy) is 1. The van der Waals surface area contributed by atoms with Gasteiger partial charge in [-0.2, -0.15) is 5.10 Å². The molecule has 0 spiro atoms. The van der Waals surface area contributed by atoms with Crippen LogP contribution in [0.4, 0.5) is 5.82 Å². The molecule has 0 saturated heterocycles. The van der Waals surface area contributed by atoms with Crippen LogP contribution in [0.15, 0.2) is 48.7 Å². The van der Waals surface area contributed by atoms with Crippen molar-refractivity contribution in [2.75, 3.05) is 18.9 Å². The lowest BCUT2D eigenvalue weighted by molar-refractivity contribution is 0.0733. The Morgan fingerprint density at radius 1 is 1.30 bits per heavy atom. The molecule has 1 aliphatic heterocycles. The van der Waals surface area contributed by atoms with Gasteiger partial charge in [0.05, 0.1) is 0 Å². The lowest BCUT2D eigenvalue weighted by atomic mass is 10.0. The largest absolute Gasteiger partial charge is 0.487 e. The van der Waals surface area contributed by atoms with Gasteiger partial charge in [0.2, 0.25) is 0 Å². The normalized spacial score (nSPS) is 13.1. The summed E-state index contributed by atoms with van der Waals surface area (Å²) in [5.41, 5.74) is 3.60. The topological polar surface area (TPSA) is 83.1 Å². The van der Waals surface area contributed by atoms with Crippen molar-refractivity contribution in [3.05, 3.63) is 71.2 Å². The first-order chi connectivity index (χ1) is 13.2. The van der Waals surface area contributed by atoms with E-state index in [9.17, 15) is 4.79 Å². The van der Waals surface area contributed by atoms with Crippen molar-refractivity contribution < 1.29 is 9.53 Å². The molecule has 4 rings (SSSR count). The first kappa shape index (κ1) is 17.1. The second-order valence-electron chi connectivity index (χ2n) is 6.39. The van der Waals surface area contributed by atoms with Crippen molar-refractivity contribution in [2.24, 2.45) is 0 Å². The molecule has 27 heavy (non-hydrogen) atoms. The second kappa shape index (κ2) is 7.49. The Morgan fingerprint density at radius 3 is 2.96 bits per heavy atom. The third-order valence-electron chi connectivity index (χ3n) is 4.69. The summed E-state index contributed by atoms with van der Waals surface area (Å²) in [4.78, 5) is 18.9. The van der Waals surface area contributed by atoms with E-state index >= 15 is 0 Å². The van der Waals surface area contributed by atoms with Gasteiger partial charge < -0.3 is 15.0 Å². The highest BCUT2D eigenvalue weighted by atomic mass is 16.5. The molecule has 3 aromatic rings. The Hall–Kier alpha value is -3.35. The maximum atomic E-state index is 12.9. The molecule has 2 N–H and O–H groups in total. The molecule has 0 bridgehead atoms. The molecular formula is C20H21N5O2. The zero-order valence-electron chi connectivity index (χ0n) is 15.1. The molecule has 0 saturated carbocycles. The molecule has 138 valence electrons. The van der Waals surface area contributed by atoms with Crippen LogP contribution >= 0.6 is 0 Å². The number of H-pyrrole nitrogens is 1. The quantitative estimate of drug-likeness (QED) is 0.728. The molecule has 0 radical (unpaired) electrons. The number of aromatic nitrogens is 3. The van der Waals surface area contributed by atoms with E-state index in [2.05, 4.69) is 20.5 Å². The SMILES string of the molecule is CNc1cc(C(=O)N2CCc3[nH]nc(COc4ccccc4)c3C2)ccn1. The number of aromatic amines is 1. The number of hydrogen-bond acceptors (Lipinski definition) is 5. The van der Waals surface area contributed by atoms with Gasteiger partial charge in [-0.05, 0) is 24.3 Å². The van der Waals surface area contributed by atoms with Crippen LogP contribution in [0.3, 0.4) is 0 Å². The standard InChI is InChI=1S/C20H21N5O2/c1-21-19-11-14(7-9-22-19)20(26)25-10-8-17-16(12-25)18(24-23-17)13-27-15-5-3-2-4-6-15/h2-7,9,11H,8,10,12-13H2,1H3,(H,21,22)(H,23,24). The molecule has 3 heterocycles. The summed E-state index contributed by atoms with van der Waals surface area (Å²) in [6, 6.07) is 13.2. The minimum absolute atomic E-state index is 0.00400. The molecule has 0 unspecified atom stereocenters. The van der Waals surface area contributed by atoms with Crippen LogP contribution in [0.25, 0.3) is 0 Å². The number of pyridine rings is 1. The predicted molar refractivity (Wildman–Crippen MR) is 102 cm³/mol. The van der Waals surface area contributed by atoms with E-state index in [0.717, 1.165) is 29.1 Å². The van der Waals surface area contributed by atoms with Crippen molar-refractivity contribution in [2.45, 2.75) is 19.6 Å². The van der Waals surface area contributed by atoms with Crippen LogP contribution in [0.1, 0.15) is 27.3 Å². The van der Waals surface area contributed by atoms with Gasteiger partial charge in [0.25, 0.3) is 5.91 Å². The van der Waals surface area contributed by atoms with Gasteiger partial charge in [-0.3, -0.25) is 9.89 Å². The van der Waals surface area contributed by atoms with E-state index in [-0.39, 0.29) is 5.91 Å². The molecule has 1 aromatic carbocycles. The Balaban J connectivity index is 1.49. The first-order valence-electron chi connectivity index (χ1n) is 8.90. The average Bonchev–Trinajstić information content (AvgIpc) is 3.14. The summed E-state index contributed by atoms with van der Waals surface area (Å²) in [6.45, 7) is 1.55. The van der Waals surface area contributed by atoms with Gasteiger partial charge >= 0.3 is 0 Å². The van der Waals surface area contributed by atoms with Gasteiger partial charge in [-0.1, -0.05) is 18.2 Å². The minimum Gasteiger partial charge on any atom is -0.487 e. The number of rotatable bonds is 5. The average molecular weight is 363 g/mol. The second-order valence-corrected chi connectivity index (χ2v) is 6.39. The Labute approximate surface area is 157 Å². The van der Waals surface area contributed by atoms with Gasteiger partial charge in [0, 0.05) is 49.6 Å². The summed E-state index contributed by atoms with van der Waals surface area (Å²) < 4.78 is 5.82. The molecule has 7 heteroatoms. The van der Waals surface area contributed by atoms with Crippen LogP contribution < -0.4 is 10.1 Å². The maximum absolute atomic E-state index is 12.9. The van der Waals surface area contributed by atoms with E-state index in [1.807, 2.05) is 35.2 Å². The van der Waals surface area contributed by atoms with Crippen LogP contribution in [0.5, 0.6) is 5.75 Å². The van der Waals surface area contributed by atoms with E-state index in [1.165, 1.54) is 0 Å². The zero-order chi connectivity index (χ0) is 18.6. The summed E-state index contributed by atoms with van der Waals surface area (Å²) >= 11 is 0. The Kier molecular flexibility index (Phi) is 4.74. The van der Waals surface area contributed by atoms with E-state index in [0.29, 0.717) is 31.1 Å². The monoisotopic (exact) mass is 363 g/mol. The van der Waals surface area contributed by atoms with Gasteiger partial charge in [-0.25, -0.2) is 4.98 Å². The van der Waals surface area contributed by atoms with Crippen molar-refractivity contribution in [1.29, 1.82) is 0 Å². The highest BCUT2D eigenvalue weighted by Gasteiger charge is 2.26. The van der Waals surface area contributed by atoms with Gasteiger partial charge in [0.1, 0.15) is 23.9 Å². The molecule has 2 aromatic heterocycles. The number of benzene rings is 1. The summed E-state index contributed by atoms with van der Waals surface area (Å²) in [6.07, 6.45) is 2.40. The maximum Gasteiger partial charge on any atom is 0.254 e. The number of carbonyl (C=O) groups is 1. The van der Waals surface area contributed by atoms with Crippen LogP contribution in [0.2, 0.25) is 0 Å². The molecule has 1 aliphatic rings. The minimum atomic E-state index is -0.00400. The lowest BCUT2D eigenvalue weighted by Crippen LogP contribution is -2.36. The first-order valence-corrected chi connectivity index (χ1v) is 8.90. The molecule has 7 nitrogen and oxygen atoms in total.